The van der Waals surface area contributed by atoms with Crippen LogP contribution in [0.25, 0.3) is 0 Å². The van der Waals surface area contributed by atoms with Gasteiger partial charge in [0, 0.05) is 22.9 Å². The molecule has 1 heterocycles. The highest BCUT2D eigenvalue weighted by Gasteiger charge is 2.35. The fourth-order valence-corrected chi connectivity index (χ4v) is 3.94. The second-order valence-electron chi connectivity index (χ2n) is 5.74. The van der Waals surface area contributed by atoms with Crippen LogP contribution in [-0.4, -0.2) is 48.3 Å². The van der Waals surface area contributed by atoms with Gasteiger partial charge >= 0.3 is 6.09 Å². The predicted molar refractivity (Wildman–Crippen MR) is 97.0 cm³/mol. The molecule has 1 amide bonds. The molecule has 0 radical (unpaired) electrons. The fourth-order valence-electron chi connectivity index (χ4n) is 2.87. The number of methoxy groups -OCH3 is 1. The molecule has 0 aromatic heterocycles. The average molecular weight is 359 g/mol. The first-order chi connectivity index (χ1) is 12.2. The number of nitrogens with zero attached hydrogens (tertiary/aromatic N) is 1. The molecule has 2 aromatic rings. The van der Waals surface area contributed by atoms with Crippen LogP contribution in [0.2, 0.25) is 0 Å². The second kappa shape index (κ2) is 8.27. The number of benzene rings is 2. The van der Waals surface area contributed by atoms with Crippen LogP contribution in [-0.2, 0) is 4.74 Å². The highest BCUT2D eigenvalue weighted by Crippen LogP contribution is 2.33. The SMILES string of the molecule is COc1ccccc1C(CO)CN1C(=O)OCC1Sc1ccccc1. The van der Waals surface area contributed by atoms with Gasteiger partial charge in [0.25, 0.3) is 0 Å². The number of carbonyl (C=O) groups excluding carboxylic acids is 1. The van der Waals surface area contributed by atoms with E-state index in [2.05, 4.69) is 0 Å². The number of ether oxygens (including phenoxy) is 2. The third-order valence-electron chi connectivity index (χ3n) is 4.16. The van der Waals surface area contributed by atoms with Gasteiger partial charge in [-0.25, -0.2) is 4.79 Å². The Hall–Kier alpha value is -2.18. The lowest BCUT2D eigenvalue weighted by molar-refractivity contribution is 0.152. The maximum absolute atomic E-state index is 12.2. The van der Waals surface area contributed by atoms with E-state index in [1.807, 2.05) is 54.6 Å². The molecule has 1 N–H and O–H groups in total. The minimum atomic E-state index is -0.346. The van der Waals surface area contributed by atoms with Gasteiger partial charge in [0.1, 0.15) is 17.7 Å². The number of rotatable bonds is 7. The number of carbonyl (C=O) groups is 1. The Bertz CT molecular complexity index is 710. The summed E-state index contributed by atoms with van der Waals surface area (Å²) in [6, 6.07) is 17.5. The van der Waals surface area contributed by atoms with Crippen LogP contribution in [0.5, 0.6) is 5.75 Å². The largest absolute Gasteiger partial charge is 0.496 e. The summed E-state index contributed by atoms with van der Waals surface area (Å²) in [5.74, 6) is 0.474. The van der Waals surface area contributed by atoms with Crippen molar-refractivity contribution in [2.45, 2.75) is 16.2 Å². The standard InChI is InChI=1S/C19H21NO4S/c1-23-17-10-6-5-9-16(17)14(12-21)11-20-18(13-24-19(20)22)25-15-7-3-2-4-8-15/h2-10,14,18,21H,11-13H2,1H3. The molecule has 3 rings (SSSR count). The number of hydrogen-bond donors (Lipinski definition) is 1. The van der Waals surface area contributed by atoms with Crippen LogP contribution in [0.3, 0.4) is 0 Å². The van der Waals surface area contributed by atoms with Gasteiger partial charge in [-0.05, 0) is 18.2 Å². The third-order valence-corrected chi connectivity index (χ3v) is 5.37. The first-order valence-corrected chi connectivity index (χ1v) is 8.99. The van der Waals surface area contributed by atoms with E-state index in [-0.39, 0.29) is 24.0 Å². The van der Waals surface area contributed by atoms with Crippen LogP contribution in [0.15, 0.2) is 59.5 Å². The number of thioether (sulfide) groups is 1. The number of aliphatic hydroxyl groups excluding tert-OH is 1. The second-order valence-corrected chi connectivity index (χ2v) is 6.99. The molecule has 132 valence electrons. The molecule has 1 aliphatic rings. The van der Waals surface area contributed by atoms with Crippen molar-refractivity contribution in [3.63, 3.8) is 0 Å². The van der Waals surface area contributed by atoms with Gasteiger partial charge in [0.2, 0.25) is 0 Å². The first-order valence-electron chi connectivity index (χ1n) is 8.11. The van der Waals surface area contributed by atoms with E-state index >= 15 is 0 Å². The minimum Gasteiger partial charge on any atom is -0.496 e. The molecular weight excluding hydrogens is 338 g/mol. The number of aliphatic hydroxyl groups is 1. The molecule has 2 unspecified atom stereocenters. The highest BCUT2D eigenvalue weighted by atomic mass is 32.2. The van der Waals surface area contributed by atoms with E-state index in [0.717, 1.165) is 10.5 Å². The fraction of sp³-hybridized carbons (Fsp3) is 0.316. The molecule has 1 fully saturated rings. The molecule has 25 heavy (non-hydrogen) atoms. The summed E-state index contributed by atoms with van der Waals surface area (Å²) < 4.78 is 10.6. The van der Waals surface area contributed by atoms with Gasteiger partial charge in [-0.1, -0.05) is 48.2 Å². The molecule has 1 aliphatic heterocycles. The van der Waals surface area contributed by atoms with Gasteiger partial charge in [0.05, 0.1) is 13.7 Å². The summed E-state index contributed by atoms with van der Waals surface area (Å²) in [7, 11) is 1.60. The number of hydrogen-bond acceptors (Lipinski definition) is 5. The van der Waals surface area contributed by atoms with Gasteiger partial charge in [0.15, 0.2) is 0 Å². The molecule has 6 heteroatoms. The molecule has 5 nitrogen and oxygen atoms in total. The number of cyclic esters (lactones) is 1. The van der Waals surface area contributed by atoms with Gasteiger partial charge < -0.3 is 14.6 Å². The number of para-hydroxylation sites is 1. The Morgan fingerprint density at radius 3 is 2.68 bits per heavy atom. The van der Waals surface area contributed by atoms with Crippen molar-refractivity contribution in [3.8, 4) is 5.75 Å². The van der Waals surface area contributed by atoms with Gasteiger partial charge in [-0.2, -0.15) is 0 Å². The third kappa shape index (κ3) is 4.08. The maximum Gasteiger partial charge on any atom is 0.410 e. The van der Waals surface area contributed by atoms with Crippen LogP contribution in [0, 0.1) is 0 Å². The summed E-state index contributed by atoms with van der Waals surface area (Å²) >= 11 is 1.59. The lowest BCUT2D eigenvalue weighted by atomic mass is 9.98. The normalized spacial score (nSPS) is 18.1. The van der Waals surface area contributed by atoms with Crippen LogP contribution >= 0.6 is 11.8 Å². The van der Waals surface area contributed by atoms with Crippen molar-refractivity contribution in [2.24, 2.45) is 0 Å². The summed E-state index contributed by atoms with van der Waals surface area (Å²) in [5, 5.41) is 9.77. The smallest absolute Gasteiger partial charge is 0.410 e. The molecular formula is C19H21NO4S. The van der Waals surface area contributed by atoms with Crippen molar-refractivity contribution >= 4 is 17.9 Å². The Labute approximate surface area is 151 Å². The molecule has 2 aromatic carbocycles. The Morgan fingerprint density at radius 1 is 1.24 bits per heavy atom. The maximum atomic E-state index is 12.2. The Kier molecular flexibility index (Phi) is 5.83. The minimum absolute atomic E-state index is 0.0765. The van der Waals surface area contributed by atoms with Crippen molar-refractivity contribution in [3.05, 3.63) is 60.2 Å². The molecule has 0 aliphatic carbocycles. The van der Waals surface area contributed by atoms with Crippen LogP contribution in [0.4, 0.5) is 4.79 Å². The van der Waals surface area contributed by atoms with Crippen molar-refractivity contribution in [1.29, 1.82) is 0 Å². The van der Waals surface area contributed by atoms with E-state index in [4.69, 9.17) is 9.47 Å². The van der Waals surface area contributed by atoms with Gasteiger partial charge in [-0.3, -0.25) is 4.90 Å². The van der Waals surface area contributed by atoms with E-state index in [9.17, 15) is 9.90 Å². The van der Waals surface area contributed by atoms with E-state index in [1.54, 1.807) is 23.8 Å². The Balaban J connectivity index is 1.77. The molecule has 0 bridgehead atoms. The Morgan fingerprint density at radius 2 is 1.96 bits per heavy atom. The topological polar surface area (TPSA) is 59.0 Å². The number of amides is 1. The van der Waals surface area contributed by atoms with Crippen LogP contribution in [0.1, 0.15) is 11.5 Å². The molecule has 2 atom stereocenters. The lowest BCUT2D eigenvalue weighted by Crippen LogP contribution is -2.36. The van der Waals surface area contributed by atoms with E-state index < -0.39 is 0 Å². The summed E-state index contributed by atoms with van der Waals surface area (Å²) in [6.07, 6.45) is -0.346. The van der Waals surface area contributed by atoms with Crippen molar-refractivity contribution in [1.82, 2.24) is 4.90 Å². The van der Waals surface area contributed by atoms with E-state index in [1.165, 1.54) is 0 Å². The average Bonchev–Trinajstić information content (AvgIpc) is 3.00. The predicted octanol–water partition coefficient (Wildman–Crippen LogP) is 3.34. The quantitative estimate of drug-likeness (QED) is 0.822. The van der Waals surface area contributed by atoms with Gasteiger partial charge in [-0.15, -0.1) is 0 Å². The van der Waals surface area contributed by atoms with Crippen molar-refractivity contribution < 1.29 is 19.4 Å². The molecule has 0 spiro atoms. The zero-order chi connectivity index (χ0) is 17.6. The lowest BCUT2D eigenvalue weighted by Gasteiger charge is -2.26. The highest BCUT2D eigenvalue weighted by molar-refractivity contribution is 8.00. The molecule has 0 saturated carbocycles. The van der Waals surface area contributed by atoms with E-state index in [0.29, 0.717) is 18.9 Å². The summed E-state index contributed by atoms with van der Waals surface area (Å²) in [6.45, 7) is 0.634. The zero-order valence-corrected chi connectivity index (χ0v) is 14.8. The first kappa shape index (κ1) is 17.6. The van der Waals surface area contributed by atoms with Crippen LogP contribution < -0.4 is 4.74 Å². The van der Waals surface area contributed by atoms with Crippen molar-refractivity contribution in [2.75, 3.05) is 26.9 Å². The summed E-state index contributed by atoms with van der Waals surface area (Å²) in [4.78, 5) is 15.0. The zero-order valence-electron chi connectivity index (χ0n) is 14.0. The monoisotopic (exact) mass is 359 g/mol. The molecule has 1 saturated heterocycles. The summed E-state index contributed by atoms with van der Waals surface area (Å²) in [5.41, 5.74) is 0.885.